The number of carbonyl (C=O) groups excluding carboxylic acids is 2. The van der Waals surface area contributed by atoms with Gasteiger partial charge in [0.15, 0.2) is 0 Å². The van der Waals surface area contributed by atoms with E-state index in [2.05, 4.69) is 10.0 Å². The van der Waals surface area contributed by atoms with Crippen molar-refractivity contribution in [2.75, 3.05) is 12.8 Å². The monoisotopic (exact) mass is 539 g/mol. The lowest BCUT2D eigenvalue weighted by atomic mass is 10.0. The van der Waals surface area contributed by atoms with Gasteiger partial charge < -0.3 is 16.0 Å². The molecule has 0 unspecified atom stereocenters. The van der Waals surface area contributed by atoms with Crippen molar-refractivity contribution in [3.05, 3.63) is 69.2 Å². The smallest absolute Gasteiger partial charge is 0.243 e. The van der Waals surface area contributed by atoms with Gasteiger partial charge >= 0.3 is 0 Å². The minimum atomic E-state index is -3.71. The Morgan fingerprint density at radius 1 is 1.14 bits per heavy atom. The number of amides is 2. The van der Waals surface area contributed by atoms with Crippen LogP contribution in [-0.2, 0) is 32.6 Å². The maximum atomic E-state index is 13.4. The van der Waals surface area contributed by atoms with Crippen LogP contribution in [0.5, 0.6) is 0 Å². The molecule has 2 amide bonds. The van der Waals surface area contributed by atoms with Gasteiger partial charge in [0.05, 0.1) is 16.3 Å². The van der Waals surface area contributed by atoms with E-state index >= 15 is 0 Å². The number of nitrogens with one attached hydrogen (secondary N) is 3. The summed E-state index contributed by atoms with van der Waals surface area (Å²) in [6.07, 6.45) is 2.12. The van der Waals surface area contributed by atoms with Crippen LogP contribution in [0.4, 0.5) is 0 Å². The van der Waals surface area contributed by atoms with Gasteiger partial charge in [0.2, 0.25) is 21.8 Å². The quantitative estimate of drug-likeness (QED) is 0.284. The number of halogens is 2. The molecule has 1 aliphatic rings. The first-order valence-corrected chi connectivity index (χ1v) is 13.5. The highest BCUT2D eigenvalue weighted by atomic mass is 35.5. The van der Waals surface area contributed by atoms with Crippen LogP contribution in [0.25, 0.3) is 0 Å². The first-order valence-electron chi connectivity index (χ1n) is 10.9. The SMILES string of the molecule is CS(=O)(=O)N[C@H](Cc1ccc(Cl)c(Cl)c1)C(=O)N1CCC[C@H]1C(=O)NCc1ccc(C(=N)N)cc1. The molecule has 9 nitrogen and oxygen atoms in total. The second-order valence-electron chi connectivity index (χ2n) is 8.41. The van der Waals surface area contributed by atoms with Crippen molar-refractivity contribution >= 4 is 50.9 Å². The second kappa shape index (κ2) is 11.4. The zero-order valence-corrected chi connectivity index (χ0v) is 21.4. The zero-order chi connectivity index (χ0) is 25.8. The molecule has 1 aliphatic heterocycles. The fourth-order valence-electron chi connectivity index (χ4n) is 3.95. The Labute approximate surface area is 214 Å². The van der Waals surface area contributed by atoms with E-state index in [9.17, 15) is 18.0 Å². The van der Waals surface area contributed by atoms with Crippen LogP contribution >= 0.6 is 23.2 Å². The second-order valence-corrected chi connectivity index (χ2v) is 11.0. The van der Waals surface area contributed by atoms with Crippen molar-refractivity contribution in [1.29, 1.82) is 5.41 Å². The fraction of sp³-hybridized carbons (Fsp3) is 0.348. The summed E-state index contributed by atoms with van der Waals surface area (Å²) in [7, 11) is -3.71. The van der Waals surface area contributed by atoms with Gasteiger partial charge in [-0.1, -0.05) is 53.5 Å². The highest BCUT2D eigenvalue weighted by Crippen LogP contribution is 2.24. The number of carbonyl (C=O) groups is 2. The minimum absolute atomic E-state index is 0.0428. The van der Waals surface area contributed by atoms with Crippen LogP contribution < -0.4 is 15.8 Å². The molecule has 0 bridgehead atoms. The summed E-state index contributed by atoms with van der Waals surface area (Å²) in [5.41, 5.74) is 7.48. The Balaban J connectivity index is 1.71. The van der Waals surface area contributed by atoms with Gasteiger partial charge in [-0.2, -0.15) is 0 Å². The first-order chi connectivity index (χ1) is 16.4. The lowest BCUT2D eigenvalue weighted by Crippen LogP contribution is -2.54. The van der Waals surface area contributed by atoms with Gasteiger partial charge in [0, 0.05) is 18.7 Å². The molecule has 0 spiro atoms. The predicted octanol–water partition coefficient (Wildman–Crippen LogP) is 2.05. The first kappa shape index (κ1) is 26.9. The van der Waals surface area contributed by atoms with E-state index in [1.54, 1.807) is 42.5 Å². The number of hydrogen-bond acceptors (Lipinski definition) is 5. The third kappa shape index (κ3) is 7.41. The largest absolute Gasteiger partial charge is 0.384 e. The minimum Gasteiger partial charge on any atom is -0.384 e. The van der Waals surface area contributed by atoms with Gasteiger partial charge in [-0.3, -0.25) is 15.0 Å². The molecule has 1 heterocycles. The van der Waals surface area contributed by atoms with Gasteiger partial charge in [0.25, 0.3) is 0 Å². The number of nitrogens with zero attached hydrogens (tertiary/aromatic N) is 1. The molecule has 1 saturated heterocycles. The maximum absolute atomic E-state index is 13.4. The van der Waals surface area contributed by atoms with Crippen molar-refractivity contribution in [3.63, 3.8) is 0 Å². The summed E-state index contributed by atoms with van der Waals surface area (Å²) in [5.74, 6) is -0.845. The number of benzene rings is 2. The highest BCUT2D eigenvalue weighted by Gasteiger charge is 2.38. The molecule has 0 saturated carbocycles. The molecule has 188 valence electrons. The summed E-state index contributed by atoms with van der Waals surface area (Å²) < 4.78 is 26.4. The van der Waals surface area contributed by atoms with Gasteiger partial charge in [-0.05, 0) is 42.5 Å². The summed E-state index contributed by atoms with van der Waals surface area (Å²) in [6.45, 7) is 0.581. The number of nitrogen functional groups attached to an aromatic ring is 1. The molecule has 5 N–H and O–H groups in total. The van der Waals surface area contributed by atoms with Crippen molar-refractivity contribution < 1.29 is 18.0 Å². The lowest BCUT2D eigenvalue weighted by Gasteiger charge is -2.28. The number of hydrogen-bond donors (Lipinski definition) is 4. The molecule has 0 aromatic heterocycles. The van der Waals surface area contributed by atoms with E-state index in [0.29, 0.717) is 40.6 Å². The normalized spacial score (nSPS) is 16.7. The number of nitrogens with two attached hydrogens (primary N) is 1. The predicted molar refractivity (Wildman–Crippen MR) is 136 cm³/mol. The van der Waals surface area contributed by atoms with E-state index in [0.717, 1.165) is 11.8 Å². The number of rotatable bonds is 9. The average molecular weight is 540 g/mol. The van der Waals surface area contributed by atoms with E-state index in [1.807, 2.05) is 0 Å². The van der Waals surface area contributed by atoms with E-state index in [1.165, 1.54) is 4.90 Å². The van der Waals surface area contributed by atoms with Crippen molar-refractivity contribution in [2.45, 2.75) is 37.9 Å². The van der Waals surface area contributed by atoms with Crippen LogP contribution in [0.3, 0.4) is 0 Å². The Bertz CT molecular complexity index is 1220. The Morgan fingerprint density at radius 3 is 2.40 bits per heavy atom. The van der Waals surface area contributed by atoms with Crippen molar-refractivity contribution in [3.8, 4) is 0 Å². The van der Waals surface area contributed by atoms with Crippen LogP contribution in [0.2, 0.25) is 10.0 Å². The van der Waals surface area contributed by atoms with E-state index in [4.69, 9.17) is 34.3 Å². The van der Waals surface area contributed by atoms with E-state index in [-0.39, 0.29) is 24.7 Å². The maximum Gasteiger partial charge on any atom is 0.243 e. The molecule has 2 aromatic carbocycles. The number of amidine groups is 1. The van der Waals surface area contributed by atoms with Crippen molar-refractivity contribution in [1.82, 2.24) is 14.9 Å². The van der Waals surface area contributed by atoms with Crippen LogP contribution in [0.15, 0.2) is 42.5 Å². The molecule has 35 heavy (non-hydrogen) atoms. The molecule has 12 heteroatoms. The van der Waals surface area contributed by atoms with E-state index < -0.39 is 28.0 Å². The van der Waals surface area contributed by atoms with Crippen LogP contribution in [-0.4, -0.2) is 55.9 Å². The molecule has 1 fully saturated rings. The third-order valence-corrected chi connectivity index (χ3v) is 7.10. The van der Waals surface area contributed by atoms with Gasteiger partial charge in [-0.15, -0.1) is 0 Å². The van der Waals surface area contributed by atoms with Crippen LogP contribution in [0.1, 0.15) is 29.5 Å². The summed E-state index contributed by atoms with van der Waals surface area (Å²) in [4.78, 5) is 27.8. The lowest BCUT2D eigenvalue weighted by molar-refractivity contribution is -0.139. The summed E-state index contributed by atoms with van der Waals surface area (Å²) in [6, 6.07) is 9.93. The molecule has 2 atom stereocenters. The van der Waals surface area contributed by atoms with Crippen LogP contribution in [0, 0.1) is 5.41 Å². The fourth-order valence-corrected chi connectivity index (χ4v) is 4.97. The average Bonchev–Trinajstić information content (AvgIpc) is 3.28. The molecule has 0 aliphatic carbocycles. The van der Waals surface area contributed by atoms with Gasteiger partial charge in [0.1, 0.15) is 17.9 Å². The van der Waals surface area contributed by atoms with Crippen molar-refractivity contribution in [2.24, 2.45) is 5.73 Å². The Morgan fingerprint density at radius 2 is 1.80 bits per heavy atom. The molecular formula is C23H27Cl2N5O4S. The summed E-state index contributed by atoms with van der Waals surface area (Å²) in [5, 5.41) is 10.9. The Hall–Kier alpha value is -2.66. The molecule has 0 radical (unpaired) electrons. The zero-order valence-electron chi connectivity index (χ0n) is 19.1. The highest BCUT2D eigenvalue weighted by molar-refractivity contribution is 7.88. The summed E-state index contributed by atoms with van der Waals surface area (Å²) >= 11 is 12.0. The topological polar surface area (TPSA) is 145 Å². The van der Waals surface area contributed by atoms with Gasteiger partial charge in [-0.25, -0.2) is 13.1 Å². The number of likely N-dealkylation sites (tertiary alicyclic amines) is 1. The molecular weight excluding hydrogens is 513 g/mol. The standard InChI is InChI=1S/C23H27Cl2N5O4S/c1-35(33,34)29-19(12-15-6-9-17(24)18(25)11-15)23(32)30-10-2-3-20(30)22(31)28-13-14-4-7-16(8-5-14)21(26)27/h4-9,11,19-20,29H,2-3,10,12-13H2,1H3,(H3,26,27)(H,28,31)/t19-,20+/m1/s1. The third-order valence-electron chi connectivity index (χ3n) is 5.65. The number of sulfonamides is 1. The molecule has 2 aromatic rings. The molecule has 3 rings (SSSR count). The Kier molecular flexibility index (Phi) is 8.76.